The largest absolute Gasteiger partial charge is 0.515 e. The van der Waals surface area contributed by atoms with Gasteiger partial charge >= 0.3 is 0 Å². The second-order valence-electron chi connectivity index (χ2n) is 15.5. The van der Waals surface area contributed by atoms with Crippen LogP contribution in [0.4, 0.5) is 0 Å². The third-order valence-corrected chi connectivity index (χ3v) is 11.2. The van der Waals surface area contributed by atoms with Crippen LogP contribution in [0, 0.1) is 0 Å². The first kappa shape index (κ1) is 40.8. The van der Waals surface area contributed by atoms with Crippen molar-refractivity contribution in [3.05, 3.63) is 204 Å². The summed E-state index contributed by atoms with van der Waals surface area (Å²) >= 11 is 0. The SMILES string of the molecule is O=C(C=CO)CCCCCCCCc1cccc(-c2ccnc(-c3cccc(CCc4ccc(CCc5cccc(-c6cc(-c7ccccc7)ccn6)c5)cc4)c3)c2)c1. The first-order valence-electron chi connectivity index (χ1n) is 21.3. The number of hydrogen-bond acceptors (Lipinski definition) is 4. The lowest BCUT2D eigenvalue weighted by Crippen LogP contribution is -1.95. The zero-order valence-corrected chi connectivity index (χ0v) is 34.0. The van der Waals surface area contributed by atoms with Crippen molar-refractivity contribution in [2.45, 2.75) is 77.0 Å². The molecule has 7 aromatic rings. The maximum atomic E-state index is 11.5. The van der Waals surface area contributed by atoms with Crippen LogP contribution >= 0.6 is 0 Å². The molecule has 0 saturated heterocycles. The number of unbranched alkanes of at least 4 members (excludes halogenated alkanes) is 5. The maximum Gasteiger partial charge on any atom is 0.158 e. The summed E-state index contributed by atoms with van der Waals surface area (Å²) < 4.78 is 0. The summed E-state index contributed by atoms with van der Waals surface area (Å²) in [4.78, 5) is 21.0. The molecule has 1 N–H and O–H groups in total. The van der Waals surface area contributed by atoms with E-state index in [1.165, 1.54) is 69.0 Å². The number of rotatable bonds is 20. The highest BCUT2D eigenvalue weighted by atomic mass is 16.2. The van der Waals surface area contributed by atoms with Crippen molar-refractivity contribution >= 4 is 5.78 Å². The molecule has 2 heterocycles. The molecule has 0 bridgehead atoms. The van der Waals surface area contributed by atoms with Crippen LogP contribution in [0.25, 0.3) is 44.8 Å². The van der Waals surface area contributed by atoms with Crippen LogP contribution in [-0.2, 0) is 36.9 Å². The molecule has 0 unspecified atom stereocenters. The van der Waals surface area contributed by atoms with Gasteiger partial charge in [-0.2, -0.15) is 0 Å². The maximum absolute atomic E-state index is 11.5. The van der Waals surface area contributed by atoms with Crippen molar-refractivity contribution in [1.82, 2.24) is 9.97 Å². The summed E-state index contributed by atoms with van der Waals surface area (Å²) in [6.45, 7) is 0. The molecule has 0 aliphatic carbocycles. The van der Waals surface area contributed by atoms with Gasteiger partial charge in [-0.05, 0) is 131 Å². The molecule has 2 aromatic heterocycles. The molecule has 296 valence electrons. The number of benzene rings is 5. The normalized spacial score (nSPS) is 11.3. The molecule has 4 nitrogen and oxygen atoms in total. The number of pyridine rings is 2. The van der Waals surface area contributed by atoms with Crippen LogP contribution in [0.5, 0.6) is 0 Å². The monoisotopic (exact) mass is 774 g/mol. The molecule has 0 fully saturated rings. The van der Waals surface area contributed by atoms with Gasteiger partial charge in [0.05, 0.1) is 17.6 Å². The topological polar surface area (TPSA) is 63.1 Å². The van der Waals surface area contributed by atoms with E-state index in [9.17, 15) is 4.79 Å². The predicted octanol–water partition coefficient (Wildman–Crippen LogP) is 13.6. The Labute approximate surface area is 350 Å². The average molecular weight is 775 g/mol. The molecule has 59 heavy (non-hydrogen) atoms. The molecule has 0 atom stereocenters. The Morgan fingerprint density at radius 1 is 0.407 bits per heavy atom. The standard InChI is InChI=1S/C55H54N2O2/c58-36-33-53(59)22-9-4-2-1-3-6-13-44-14-10-19-48(37-44)50-32-35-57-55(41-50)52-21-12-16-46(39-52)30-28-43-25-23-42(24-26-43)27-29-45-15-11-20-51(38-45)54-40-49(31-34-56-54)47-17-7-5-8-18-47/h5,7-8,10-12,14-21,23-26,31-41,58H,1-4,6,9,13,22,27-30H2. The Hall–Kier alpha value is -6.39. The number of aliphatic hydroxyl groups is 1. The van der Waals surface area contributed by atoms with E-state index in [1.807, 2.05) is 18.5 Å². The molecule has 0 spiro atoms. The minimum atomic E-state index is 0.00134. The smallest absolute Gasteiger partial charge is 0.158 e. The quantitative estimate of drug-likeness (QED) is 0.0476. The third-order valence-electron chi connectivity index (χ3n) is 11.2. The van der Waals surface area contributed by atoms with E-state index >= 15 is 0 Å². The Morgan fingerprint density at radius 3 is 1.42 bits per heavy atom. The van der Waals surface area contributed by atoms with Gasteiger partial charge in [-0.1, -0.05) is 141 Å². The molecule has 0 amide bonds. The van der Waals surface area contributed by atoms with Gasteiger partial charge in [-0.3, -0.25) is 14.8 Å². The molecule has 0 aliphatic heterocycles. The van der Waals surface area contributed by atoms with Gasteiger partial charge in [0.25, 0.3) is 0 Å². The van der Waals surface area contributed by atoms with Crippen LogP contribution in [0.3, 0.4) is 0 Å². The summed E-state index contributed by atoms with van der Waals surface area (Å²) in [5.74, 6) is 0.00134. The number of ketones is 1. The molecule has 0 aliphatic rings. The number of carbonyl (C=O) groups is 1. The summed E-state index contributed by atoms with van der Waals surface area (Å²) in [7, 11) is 0. The first-order chi connectivity index (χ1) is 29.1. The van der Waals surface area contributed by atoms with Crippen LogP contribution in [0.2, 0.25) is 0 Å². The van der Waals surface area contributed by atoms with E-state index in [4.69, 9.17) is 15.1 Å². The van der Waals surface area contributed by atoms with Crippen LogP contribution in [-0.4, -0.2) is 20.9 Å². The molecule has 4 heteroatoms. The van der Waals surface area contributed by atoms with Crippen molar-refractivity contribution in [1.29, 1.82) is 0 Å². The predicted molar refractivity (Wildman–Crippen MR) is 244 cm³/mol. The van der Waals surface area contributed by atoms with Crippen molar-refractivity contribution in [3.63, 3.8) is 0 Å². The highest BCUT2D eigenvalue weighted by Crippen LogP contribution is 2.28. The number of aromatic nitrogens is 2. The van der Waals surface area contributed by atoms with Gasteiger partial charge in [0.2, 0.25) is 0 Å². The summed E-state index contributed by atoms with van der Waals surface area (Å²) in [6, 6.07) is 54.8. The van der Waals surface area contributed by atoms with Crippen molar-refractivity contribution in [2.75, 3.05) is 0 Å². The fourth-order valence-electron chi connectivity index (χ4n) is 7.80. The van der Waals surface area contributed by atoms with E-state index in [1.54, 1.807) is 0 Å². The lowest BCUT2D eigenvalue weighted by molar-refractivity contribution is -0.114. The van der Waals surface area contributed by atoms with E-state index in [0.717, 1.165) is 86.6 Å². The Bertz CT molecular complexity index is 2430. The van der Waals surface area contributed by atoms with Gasteiger partial charge in [0.1, 0.15) is 0 Å². The summed E-state index contributed by atoms with van der Waals surface area (Å²) in [6.07, 6.45) is 18.1. The molecular formula is C55H54N2O2. The van der Waals surface area contributed by atoms with Crippen molar-refractivity contribution in [3.8, 4) is 44.8 Å². The first-order valence-corrected chi connectivity index (χ1v) is 21.3. The molecular weight excluding hydrogens is 721 g/mol. The summed E-state index contributed by atoms with van der Waals surface area (Å²) in [5.41, 5.74) is 15.8. The molecule has 5 aromatic carbocycles. The lowest BCUT2D eigenvalue weighted by atomic mass is 9.97. The minimum Gasteiger partial charge on any atom is -0.515 e. The van der Waals surface area contributed by atoms with Crippen molar-refractivity contribution < 1.29 is 9.90 Å². The van der Waals surface area contributed by atoms with E-state index in [-0.39, 0.29) is 5.78 Å². The van der Waals surface area contributed by atoms with Crippen LogP contribution < -0.4 is 0 Å². The van der Waals surface area contributed by atoms with E-state index in [2.05, 4.69) is 146 Å². The molecule has 7 rings (SSSR count). The van der Waals surface area contributed by atoms with Crippen LogP contribution in [0.15, 0.2) is 176 Å². The number of aliphatic hydroxyl groups excluding tert-OH is 1. The van der Waals surface area contributed by atoms with Gasteiger partial charge in [0.15, 0.2) is 5.78 Å². The fraction of sp³-hybridized carbons (Fsp3) is 0.218. The van der Waals surface area contributed by atoms with Gasteiger partial charge in [0, 0.05) is 36.0 Å². The second kappa shape index (κ2) is 21.4. The second-order valence-corrected chi connectivity index (χ2v) is 15.5. The van der Waals surface area contributed by atoms with E-state index < -0.39 is 0 Å². The Morgan fingerprint density at radius 2 is 0.847 bits per heavy atom. The average Bonchev–Trinajstić information content (AvgIpc) is 3.29. The van der Waals surface area contributed by atoms with Crippen LogP contribution in [0.1, 0.15) is 72.8 Å². The van der Waals surface area contributed by atoms with Gasteiger partial charge in [-0.15, -0.1) is 0 Å². The number of carbonyl (C=O) groups excluding carboxylic acids is 1. The fourth-order valence-corrected chi connectivity index (χ4v) is 7.80. The Balaban J connectivity index is 0.882. The number of nitrogens with zero attached hydrogens (tertiary/aromatic N) is 2. The highest BCUT2D eigenvalue weighted by molar-refractivity contribution is 5.89. The molecule has 0 radical (unpaired) electrons. The van der Waals surface area contributed by atoms with E-state index in [0.29, 0.717) is 6.42 Å². The highest BCUT2D eigenvalue weighted by Gasteiger charge is 2.08. The number of hydrogen-bond donors (Lipinski definition) is 1. The lowest BCUT2D eigenvalue weighted by Gasteiger charge is -2.10. The Kier molecular flexibility index (Phi) is 14.8. The molecule has 0 saturated carbocycles. The van der Waals surface area contributed by atoms with Crippen molar-refractivity contribution in [2.24, 2.45) is 0 Å². The minimum absolute atomic E-state index is 0.00134. The number of allylic oxidation sites excluding steroid dienone is 1. The zero-order valence-electron chi connectivity index (χ0n) is 34.0. The van der Waals surface area contributed by atoms with Gasteiger partial charge < -0.3 is 5.11 Å². The number of aryl methyl sites for hydroxylation is 5. The zero-order chi connectivity index (χ0) is 40.5. The third kappa shape index (κ3) is 12.3. The van der Waals surface area contributed by atoms with Gasteiger partial charge in [-0.25, -0.2) is 0 Å². The summed E-state index contributed by atoms with van der Waals surface area (Å²) in [5, 5.41) is 8.70.